The minimum absolute atomic E-state index is 0.249. The van der Waals surface area contributed by atoms with Gasteiger partial charge in [-0.15, -0.1) is 0 Å². The minimum atomic E-state index is -0.363. The summed E-state index contributed by atoms with van der Waals surface area (Å²) in [6.45, 7) is 0.437. The summed E-state index contributed by atoms with van der Waals surface area (Å²) in [6, 6.07) is 5.16. The summed E-state index contributed by atoms with van der Waals surface area (Å²) in [5.41, 5.74) is 12.0. The van der Waals surface area contributed by atoms with Crippen LogP contribution < -0.4 is 16.8 Å². The number of thiocarbonyl (C=S) groups is 1. The number of primary amides is 1. The molecule has 4 nitrogen and oxygen atoms in total. The van der Waals surface area contributed by atoms with Crippen molar-refractivity contribution in [2.75, 3.05) is 11.9 Å². The predicted octanol–water partition coefficient (Wildman–Crippen LogP) is 1.26. The van der Waals surface area contributed by atoms with Gasteiger partial charge in [-0.1, -0.05) is 23.8 Å². The zero-order chi connectivity index (χ0) is 12.1. The van der Waals surface area contributed by atoms with Crippen molar-refractivity contribution >= 4 is 40.4 Å². The zero-order valence-electron chi connectivity index (χ0n) is 8.50. The van der Waals surface area contributed by atoms with Crippen LogP contribution >= 0.6 is 23.8 Å². The Balaban J connectivity index is 2.78. The van der Waals surface area contributed by atoms with Crippen LogP contribution in [-0.2, 0) is 4.79 Å². The third-order valence-electron chi connectivity index (χ3n) is 1.93. The molecule has 1 aromatic rings. The molecular weight excluding hydrogens is 246 g/mol. The van der Waals surface area contributed by atoms with Crippen LogP contribution in [0.3, 0.4) is 0 Å². The molecule has 0 spiro atoms. The number of benzene rings is 1. The molecule has 0 aliphatic rings. The van der Waals surface area contributed by atoms with Gasteiger partial charge in [0.05, 0.1) is 0 Å². The Hall–Kier alpha value is -1.33. The summed E-state index contributed by atoms with van der Waals surface area (Å²) >= 11 is 10.7. The average Bonchev–Trinajstić information content (AvgIpc) is 2.19. The van der Waals surface area contributed by atoms with Crippen molar-refractivity contribution in [1.82, 2.24) is 0 Å². The SMILES string of the molecule is NC(=O)CCNc1ccc(Cl)cc1C(N)=S. The normalized spacial score (nSPS) is 9.81. The Morgan fingerprint density at radius 2 is 2.12 bits per heavy atom. The Morgan fingerprint density at radius 3 is 2.69 bits per heavy atom. The van der Waals surface area contributed by atoms with Gasteiger partial charge in [0.15, 0.2) is 0 Å². The van der Waals surface area contributed by atoms with Crippen LogP contribution in [0.4, 0.5) is 5.69 Å². The number of rotatable bonds is 5. The first-order valence-corrected chi connectivity index (χ1v) is 5.41. The van der Waals surface area contributed by atoms with Crippen molar-refractivity contribution in [2.45, 2.75) is 6.42 Å². The highest BCUT2D eigenvalue weighted by Gasteiger charge is 2.06. The molecule has 1 aromatic carbocycles. The number of amides is 1. The molecule has 0 saturated heterocycles. The van der Waals surface area contributed by atoms with Crippen LogP contribution in [0.15, 0.2) is 18.2 Å². The number of anilines is 1. The minimum Gasteiger partial charge on any atom is -0.389 e. The van der Waals surface area contributed by atoms with E-state index in [1.54, 1.807) is 18.2 Å². The molecular formula is C10H12ClN3OS. The van der Waals surface area contributed by atoms with Crippen LogP contribution in [-0.4, -0.2) is 17.4 Å². The first kappa shape index (κ1) is 12.7. The maximum absolute atomic E-state index is 10.6. The van der Waals surface area contributed by atoms with Crippen LogP contribution in [0.25, 0.3) is 0 Å². The number of carbonyl (C=O) groups is 1. The van der Waals surface area contributed by atoms with E-state index in [4.69, 9.17) is 35.3 Å². The summed E-state index contributed by atoms with van der Waals surface area (Å²) in [4.78, 5) is 10.8. The van der Waals surface area contributed by atoms with Crippen molar-refractivity contribution in [1.29, 1.82) is 0 Å². The molecule has 86 valence electrons. The molecule has 0 radical (unpaired) electrons. The van der Waals surface area contributed by atoms with Gasteiger partial charge in [0.25, 0.3) is 0 Å². The van der Waals surface area contributed by atoms with Crippen molar-refractivity contribution in [2.24, 2.45) is 11.5 Å². The molecule has 0 saturated carbocycles. The fourth-order valence-electron chi connectivity index (χ4n) is 1.19. The predicted molar refractivity (Wildman–Crippen MR) is 69.6 cm³/mol. The Morgan fingerprint density at radius 1 is 1.44 bits per heavy atom. The topological polar surface area (TPSA) is 81.1 Å². The van der Waals surface area contributed by atoms with Gasteiger partial charge in [0.2, 0.25) is 5.91 Å². The molecule has 0 heterocycles. The van der Waals surface area contributed by atoms with Gasteiger partial charge in [-0.2, -0.15) is 0 Å². The summed E-state index contributed by atoms with van der Waals surface area (Å²) in [7, 11) is 0. The van der Waals surface area contributed by atoms with Crippen LogP contribution in [0.5, 0.6) is 0 Å². The molecule has 5 N–H and O–H groups in total. The second-order valence-electron chi connectivity index (χ2n) is 3.20. The van der Waals surface area contributed by atoms with E-state index in [2.05, 4.69) is 5.32 Å². The van der Waals surface area contributed by atoms with Gasteiger partial charge >= 0.3 is 0 Å². The van der Waals surface area contributed by atoms with Crippen molar-refractivity contribution in [3.05, 3.63) is 28.8 Å². The Labute approximate surface area is 104 Å². The maximum atomic E-state index is 10.6. The largest absolute Gasteiger partial charge is 0.389 e. The Kier molecular flexibility index (Phi) is 4.52. The van der Waals surface area contributed by atoms with E-state index in [1.807, 2.05) is 0 Å². The molecule has 1 rings (SSSR count). The molecule has 0 aliphatic carbocycles. The number of nitrogens with two attached hydrogens (primary N) is 2. The molecule has 0 bridgehead atoms. The number of carbonyl (C=O) groups excluding carboxylic acids is 1. The summed E-state index contributed by atoms with van der Waals surface area (Å²) in [6.07, 6.45) is 0.249. The molecule has 6 heteroatoms. The van der Waals surface area contributed by atoms with Gasteiger partial charge in [-0.25, -0.2) is 0 Å². The third-order valence-corrected chi connectivity index (χ3v) is 2.39. The van der Waals surface area contributed by atoms with Gasteiger partial charge < -0.3 is 16.8 Å². The molecule has 16 heavy (non-hydrogen) atoms. The van der Waals surface area contributed by atoms with Crippen LogP contribution in [0.1, 0.15) is 12.0 Å². The van der Waals surface area contributed by atoms with E-state index in [-0.39, 0.29) is 17.3 Å². The summed E-state index contributed by atoms with van der Waals surface area (Å²) in [5, 5.41) is 3.58. The van der Waals surface area contributed by atoms with Gasteiger partial charge in [0, 0.05) is 29.2 Å². The number of hydrogen-bond donors (Lipinski definition) is 3. The standard InChI is InChI=1S/C10H12ClN3OS/c11-6-1-2-8(7(5-6)10(13)16)14-4-3-9(12)15/h1-2,5,14H,3-4H2,(H2,12,15)(H2,13,16). The quantitative estimate of drug-likeness (QED) is 0.694. The molecule has 0 fully saturated rings. The van der Waals surface area contributed by atoms with Gasteiger partial charge in [0.1, 0.15) is 4.99 Å². The number of nitrogens with one attached hydrogen (secondary N) is 1. The highest BCUT2D eigenvalue weighted by Crippen LogP contribution is 2.20. The maximum Gasteiger partial charge on any atom is 0.219 e. The average molecular weight is 258 g/mol. The van der Waals surface area contributed by atoms with Crippen LogP contribution in [0, 0.1) is 0 Å². The number of hydrogen-bond acceptors (Lipinski definition) is 3. The monoisotopic (exact) mass is 257 g/mol. The molecule has 0 aromatic heterocycles. The van der Waals surface area contributed by atoms with E-state index in [9.17, 15) is 4.79 Å². The second kappa shape index (κ2) is 5.67. The highest BCUT2D eigenvalue weighted by molar-refractivity contribution is 7.80. The van der Waals surface area contributed by atoms with Crippen molar-refractivity contribution in [3.63, 3.8) is 0 Å². The number of halogens is 1. The van der Waals surface area contributed by atoms with E-state index in [0.717, 1.165) is 5.69 Å². The molecule has 1 amide bonds. The fraction of sp³-hybridized carbons (Fsp3) is 0.200. The Bertz CT molecular complexity index is 423. The highest BCUT2D eigenvalue weighted by atomic mass is 35.5. The lowest BCUT2D eigenvalue weighted by Crippen LogP contribution is -2.18. The summed E-state index contributed by atoms with van der Waals surface area (Å²) in [5.74, 6) is -0.363. The third kappa shape index (κ3) is 3.67. The van der Waals surface area contributed by atoms with Crippen molar-refractivity contribution in [3.8, 4) is 0 Å². The molecule has 0 atom stereocenters. The summed E-state index contributed by atoms with van der Waals surface area (Å²) < 4.78 is 0. The molecule has 0 aliphatic heterocycles. The van der Waals surface area contributed by atoms with Gasteiger partial charge in [-0.3, -0.25) is 4.79 Å². The molecule has 0 unspecified atom stereocenters. The smallest absolute Gasteiger partial charge is 0.219 e. The van der Waals surface area contributed by atoms with E-state index in [1.165, 1.54) is 0 Å². The van der Waals surface area contributed by atoms with Crippen molar-refractivity contribution < 1.29 is 4.79 Å². The fourth-order valence-corrected chi connectivity index (χ4v) is 1.54. The van der Waals surface area contributed by atoms with Crippen LogP contribution in [0.2, 0.25) is 5.02 Å². The lowest BCUT2D eigenvalue weighted by molar-refractivity contribution is -0.117. The lowest BCUT2D eigenvalue weighted by Gasteiger charge is -2.10. The van der Waals surface area contributed by atoms with E-state index < -0.39 is 0 Å². The zero-order valence-corrected chi connectivity index (χ0v) is 10.1. The first-order chi connectivity index (χ1) is 7.50. The van der Waals surface area contributed by atoms with E-state index >= 15 is 0 Å². The first-order valence-electron chi connectivity index (χ1n) is 4.62. The second-order valence-corrected chi connectivity index (χ2v) is 4.07. The van der Waals surface area contributed by atoms with Gasteiger partial charge in [-0.05, 0) is 18.2 Å². The lowest BCUT2D eigenvalue weighted by atomic mass is 10.1. The van der Waals surface area contributed by atoms with E-state index in [0.29, 0.717) is 17.1 Å².